The summed E-state index contributed by atoms with van der Waals surface area (Å²) in [4.78, 5) is 0. The third kappa shape index (κ3) is 1.46. The zero-order valence-electron chi connectivity index (χ0n) is 5.55. The standard InChI is InChI=1S/C8H10O/c1-3-4-8-5-7(2)9-6-8/h3,5-6H,1,4H2,2H3. The van der Waals surface area contributed by atoms with Crippen LogP contribution in [-0.4, -0.2) is 0 Å². The van der Waals surface area contributed by atoms with Gasteiger partial charge in [0.2, 0.25) is 0 Å². The first-order valence-corrected chi connectivity index (χ1v) is 2.98. The van der Waals surface area contributed by atoms with Crippen molar-refractivity contribution in [3.8, 4) is 0 Å². The van der Waals surface area contributed by atoms with E-state index in [0.29, 0.717) is 0 Å². The van der Waals surface area contributed by atoms with E-state index in [4.69, 9.17) is 4.42 Å². The number of hydrogen-bond donors (Lipinski definition) is 0. The van der Waals surface area contributed by atoms with Crippen LogP contribution in [-0.2, 0) is 6.42 Å². The summed E-state index contributed by atoms with van der Waals surface area (Å²) in [7, 11) is 0. The molecule has 0 unspecified atom stereocenters. The Morgan fingerprint density at radius 1 is 1.78 bits per heavy atom. The molecule has 1 heteroatoms. The number of hydrogen-bond acceptors (Lipinski definition) is 1. The van der Waals surface area contributed by atoms with Gasteiger partial charge < -0.3 is 4.42 Å². The van der Waals surface area contributed by atoms with E-state index in [0.717, 1.165) is 12.2 Å². The van der Waals surface area contributed by atoms with E-state index in [1.807, 2.05) is 19.1 Å². The Hall–Kier alpha value is -0.980. The molecule has 0 saturated carbocycles. The average Bonchev–Trinajstić information content (AvgIpc) is 2.17. The van der Waals surface area contributed by atoms with Crippen LogP contribution in [0.25, 0.3) is 0 Å². The predicted molar refractivity (Wildman–Crippen MR) is 37.3 cm³/mol. The number of furan rings is 1. The summed E-state index contributed by atoms with van der Waals surface area (Å²) < 4.78 is 5.07. The van der Waals surface area contributed by atoms with Crippen LogP contribution in [0.15, 0.2) is 29.4 Å². The summed E-state index contributed by atoms with van der Waals surface area (Å²) in [6.45, 7) is 5.56. The summed E-state index contributed by atoms with van der Waals surface area (Å²) in [5.41, 5.74) is 1.20. The second-order valence-corrected chi connectivity index (χ2v) is 2.06. The van der Waals surface area contributed by atoms with Crippen molar-refractivity contribution in [3.63, 3.8) is 0 Å². The Morgan fingerprint density at radius 2 is 2.56 bits per heavy atom. The molecule has 1 heterocycles. The van der Waals surface area contributed by atoms with Gasteiger partial charge in [-0.05, 0) is 25.0 Å². The van der Waals surface area contributed by atoms with Crippen LogP contribution in [0.1, 0.15) is 11.3 Å². The predicted octanol–water partition coefficient (Wildman–Crippen LogP) is 2.32. The lowest BCUT2D eigenvalue weighted by atomic mass is 10.2. The van der Waals surface area contributed by atoms with Gasteiger partial charge in [-0.2, -0.15) is 0 Å². The van der Waals surface area contributed by atoms with Gasteiger partial charge in [-0.3, -0.25) is 0 Å². The van der Waals surface area contributed by atoms with E-state index in [1.54, 1.807) is 6.26 Å². The van der Waals surface area contributed by atoms with E-state index in [-0.39, 0.29) is 0 Å². The number of allylic oxidation sites excluding steroid dienone is 1. The van der Waals surface area contributed by atoms with Crippen LogP contribution in [0.5, 0.6) is 0 Å². The van der Waals surface area contributed by atoms with Crippen molar-refractivity contribution in [1.29, 1.82) is 0 Å². The first-order chi connectivity index (χ1) is 4.33. The minimum absolute atomic E-state index is 0.900. The van der Waals surface area contributed by atoms with Gasteiger partial charge in [-0.25, -0.2) is 0 Å². The smallest absolute Gasteiger partial charge is 0.100 e. The fourth-order valence-electron chi connectivity index (χ4n) is 0.771. The molecular weight excluding hydrogens is 112 g/mol. The SMILES string of the molecule is C=CCc1coc(C)c1. The molecule has 0 aromatic carbocycles. The van der Waals surface area contributed by atoms with Crippen molar-refractivity contribution >= 4 is 0 Å². The van der Waals surface area contributed by atoms with E-state index in [1.165, 1.54) is 5.56 Å². The highest BCUT2D eigenvalue weighted by Crippen LogP contribution is 2.06. The number of aryl methyl sites for hydroxylation is 1. The highest BCUT2D eigenvalue weighted by Gasteiger charge is 1.92. The Kier molecular flexibility index (Phi) is 1.73. The molecule has 0 spiro atoms. The molecule has 0 aliphatic carbocycles. The zero-order valence-corrected chi connectivity index (χ0v) is 5.55. The normalized spacial score (nSPS) is 9.44. The highest BCUT2D eigenvalue weighted by molar-refractivity contribution is 5.13. The Balaban J connectivity index is 2.72. The summed E-state index contributed by atoms with van der Waals surface area (Å²) in [5, 5.41) is 0. The summed E-state index contributed by atoms with van der Waals surface area (Å²) in [6, 6.07) is 2.02. The van der Waals surface area contributed by atoms with Gasteiger partial charge in [0.15, 0.2) is 0 Å². The van der Waals surface area contributed by atoms with Crippen LogP contribution >= 0.6 is 0 Å². The van der Waals surface area contributed by atoms with Crippen molar-refractivity contribution < 1.29 is 4.42 Å². The Bertz CT molecular complexity index is 198. The molecule has 0 aliphatic rings. The molecule has 0 saturated heterocycles. The Morgan fingerprint density at radius 3 is 3.00 bits per heavy atom. The number of rotatable bonds is 2. The van der Waals surface area contributed by atoms with Gasteiger partial charge >= 0.3 is 0 Å². The van der Waals surface area contributed by atoms with Crippen molar-refractivity contribution in [2.75, 3.05) is 0 Å². The van der Waals surface area contributed by atoms with E-state index in [2.05, 4.69) is 6.58 Å². The quantitative estimate of drug-likeness (QED) is 0.548. The second kappa shape index (κ2) is 2.53. The summed E-state index contributed by atoms with van der Waals surface area (Å²) >= 11 is 0. The molecule has 1 rings (SSSR count). The van der Waals surface area contributed by atoms with Crippen molar-refractivity contribution in [1.82, 2.24) is 0 Å². The van der Waals surface area contributed by atoms with Crippen molar-refractivity contribution in [2.45, 2.75) is 13.3 Å². The average molecular weight is 122 g/mol. The molecule has 0 fully saturated rings. The lowest BCUT2D eigenvalue weighted by Gasteiger charge is -1.80. The van der Waals surface area contributed by atoms with Gasteiger partial charge in [0, 0.05) is 0 Å². The zero-order chi connectivity index (χ0) is 6.69. The molecule has 1 nitrogen and oxygen atoms in total. The van der Waals surface area contributed by atoms with Crippen LogP contribution in [0.3, 0.4) is 0 Å². The first-order valence-electron chi connectivity index (χ1n) is 2.98. The van der Waals surface area contributed by atoms with Crippen LogP contribution in [0.2, 0.25) is 0 Å². The molecule has 0 amide bonds. The van der Waals surface area contributed by atoms with Gasteiger partial charge in [0.25, 0.3) is 0 Å². The van der Waals surface area contributed by atoms with Crippen molar-refractivity contribution in [2.24, 2.45) is 0 Å². The maximum atomic E-state index is 5.07. The fraction of sp³-hybridized carbons (Fsp3) is 0.250. The first kappa shape index (κ1) is 6.14. The molecule has 0 N–H and O–H groups in total. The van der Waals surface area contributed by atoms with Gasteiger partial charge in [0.05, 0.1) is 6.26 Å². The second-order valence-electron chi connectivity index (χ2n) is 2.06. The fourth-order valence-corrected chi connectivity index (χ4v) is 0.771. The van der Waals surface area contributed by atoms with Crippen LogP contribution in [0.4, 0.5) is 0 Å². The molecular formula is C8H10O. The molecule has 1 aromatic heterocycles. The van der Waals surface area contributed by atoms with E-state index in [9.17, 15) is 0 Å². The van der Waals surface area contributed by atoms with Gasteiger partial charge in [-0.15, -0.1) is 6.58 Å². The summed E-state index contributed by atoms with van der Waals surface area (Å²) in [5.74, 6) is 0.965. The third-order valence-electron chi connectivity index (χ3n) is 1.16. The largest absolute Gasteiger partial charge is 0.469 e. The molecule has 9 heavy (non-hydrogen) atoms. The third-order valence-corrected chi connectivity index (χ3v) is 1.16. The van der Waals surface area contributed by atoms with Crippen molar-refractivity contribution in [3.05, 3.63) is 36.3 Å². The Labute approximate surface area is 55.0 Å². The highest BCUT2D eigenvalue weighted by atomic mass is 16.3. The van der Waals surface area contributed by atoms with E-state index < -0.39 is 0 Å². The molecule has 48 valence electrons. The van der Waals surface area contributed by atoms with Crippen LogP contribution in [0, 0.1) is 6.92 Å². The lowest BCUT2D eigenvalue weighted by molar-refractivity contribution is 0.532. The van der Waals surface area contributed by atoms with Crippen LogP contribution < -0.4 is 0 Å². The van der Waals surface area contributed by atoms with Gasteiger partial charge in [0.1, 0.15) is 5.76 Å². The molecule has 0 bridgehead atoms. The maximum absolute atomic E-state index is 5.07. The lowest BCUT2D eigenvalue weighted by Crippen LogP contribution is -1.70. The molecule has 0 radical (unpaired) electrons. The molecule has 1 aromatic rings. The summed E-state index contributed by atoms with van der Waals surface area (Å²) in [6.07, 6.45) is 4.53. The molecule has 0 atom stereocenters. The van der Waals surface area contributed by atoms with Gasteiger partial charge in [-0.1, -0.05) is 6.08 Å². The molecule has 0 aliphatic heterocycles. The minimum Gasteiger partial charge on any atom is -0.469 e. The minimum atomic E-state index is 0.900. The monoisotopic (exact) mass is 122 g/mol. The maximum Gasteiger partial charge on any atom is 0.100 e. The van der Waals surface area contributed by atoms with E-state index >= 15 is 0 Å². The topological polar surface area (TPSA) is 13.1 Å².